The summed E-state index contributed by atoms with van der Waals surface area (Å²) in [5.41, 5.74) is 2.13. The van der Waals surface area contributed by atoms with Crippen molar-refractivity contribution in [1.82, 2.24) is 20.1 Å². The number of aromatic nitrogens is 1. The number of rotatable bonds is 2. The van der Waals surface area contributed by atoms with E-state index in [1.165, 1.54) is 0 Å². The van der Waals surface area contributed by atoms with Gasteiger partial charge in [-0.1, -0.05) is 11.6 Å². The van der Waals surface area contributed by atoms with Crippen molar-refractivity contribution in [3.8, 4) is 0 Å². The molecule has 4 heterocycles. The lowest BCUT2D eigenvalue weighted by atomic mass is 9.96. The molecule has 2 amide bonds. The van der Waals surface area contributed by atoms with Crippen LogP contribution in [0.4, 0.5) is 0 Å². The van der Waals surface area contributed by atoms with Gasteiger partial charge in [-0.15, -0.1) is 0 Å². The molecule has 1 aromatic rings. The van der Waals surface area contributed by atoms with E-state index in [1.807, 2.05) is 22.9 Å². The molecule has 0 saturated carbocycles. The third-order valence-electron chi connectivity index (χ3n) is 5.52. The molecule has 3 unspecified atom stereocenters. The predicted octanol–water partition coefficient (Wildman–Crippen LogP) is 1.14. The summed E-state index contributed by atoms with van der Waals surface area (Å²) < 4.78 is 0. The summed E-state index contributed by atoms with van der Waals surface area (Å²) in [4.78, 5) is 33.5. The van der Waals surface area contributed by atoms with Crippen LogP contribution in [-0.4, -0.2) is 58.8 Å². The van der Waals surface area contributed by atoms with Crippen molar-refractivity contribution >= 4 is 23.4 Å². The number of nitrogens with one attached hydrogen (secondary N) is 1. The lowest BCUT2D eigenvalue weighted by molar-refractivity contribution is -0.140. The molecule has 0 radical (unpaired) electrons. The van der Waals surface area contributed by atoms with Crippen LogP contribution >= 0.6 is 11.6 Å². The van der Waals surface area contributed by atoms with Gasteiger partial charge in [0.15, 0.2) is 0 Å². The Morgan fingerprint density at radius 2 is 2.29 bits per heavy atom. The number of piperazine rings is 1. The number of carbonyl (C=O) groups excluding carboxylic acids is 2. The Kier molecular flexibility index (Phi) is 3.96. The Morgan fingerprint density at radius 1 is 1.46 bits per heavy atom. The van der Waals surface area contributed by atoms with Crippen LogP contribution in [0.2, 0.25) is 5.02 Å². The zero-order valence-electron chi connectivity index (χ0n) is 13.7. The second kappa shape index (κ2) is 6.01. The van der Waals surface area contributed by atoms with Gasteiger partial charge in [-0.3, -0.25) is 19.5 Å². The summed E-state index contributed by atoms with van der Waals surface area (Å²) in [5, 5.41) is 3.46. The molecular formula is C17H21ClN4O2. The smallest absolute Gasteiger partial charge is 0.237 e. The highest BCUT2D eigenvalue weighted by Crippen LogP contribution is 2.44. The topological polar surface area (TPSA) is 65.5 Å². The first-order valence-electron chi connectivity index (χ1n) is 8.48. The molecule has 0 aromatic carbocycles. The molecule has 6 nitrogen and oxygen atoms in total. The van der Waals surface area contributed by atoms with Gasteiger partial charge in [0.1, 0.15) is 0 Å². The summed E-state index contributed by atoms with van der Waals surface area (Å²) in [5.74, 6) is 0.00796. The van der Waals surface area contributed by atoms with Gasteiger partial charge < -0.3 is 10.2 Å². The van der Waals surface area contributed by atoms with Crippen molar-refractivity contribution in [1.29, 1.82) is 0 Å². The van der Waals surface area contributed by atoms with Crippen molar-refractivity contribution in [3.63, 3.8) is 0 Å². The van der Waals surface area contributed by atoms with Gasteiger partial charge in [0.2, 0.25) is 11.8 Å². The van der Waals surface area contributed by atoms with Crippen LogP contribution in [0, 0.1) is 0 Å². The van der Waals surface area contributed by atoms with Crippen LogP contribution in [0.3, 0.4) is 0 Å². The molecule has 7 heteroatoms. The highest BCUT2D eigenvalue weighted by molar-refractivity contribution is 6.30. The summed E-state index contributed by atoms with van der Waals surface area (Å²) in [7, 11) is 1.90. The fourth-order valence-electron chi connectivity index (χ4n) is 4.28. The van der Waals surface area contributed by atoms with Gasteiger partial charge in [-0.2, -0.15) is 0 Å². The van der Waals surface area contributed by atoms with E-state index in [0.717, 1.165) is 37.1 Å². The number of nitrogens with zero attached hydrogens (tertiary/aromatic N) is 3. The van der Waals surface area contributed by atoms with Crippen LogP contribution in [-0.2, 0) is 16.0 Å². The molecule has 0 aliphatic carbocycles. The van der Waals surface area contributed by atoms with Crippen molar-refractivity contribution in [2.24, 2.45) is 0 Å². The fourth-order valence-corrected chi connectivity index (χ4v) is 4.45. The average molecular weight is 349 g/mol. The molecule has 3 atom stereocenters. The molecule has 2 saturated heterocycles. The normalized spacial score (nSPS) is 29.3. The molecule has 2 fully saturated rings. The number of amides is 2. The quantitative estimate of drug-likeness (QED) is 0.870. The molecule has 1 aromatic heterocycles. The zero-order chi connectivity index (χ0) is 16.8. The number of hydrogen-bond acceptors (Lipinski definition) is 4. The van der Waals surface area contributed by atoms with E-state index >= 15 is 0 Å². The number of likely N-dealkylation sites (N-methyl/N-ethyl adjacent to an activating group) is 1. The molecule has 0 spiro atoms. The summed E-state index contributed by atoms with van der Waals surface area (Å²) in [6, 6.07) is 1.81. The molecular weight excluding hydrogens is 328 g/mol. The minimum Gasteiger partial charge on any atom is -0.353 e. The highest BCUT2D eigenvalue weighted by atomic mass is 35.5. The molecule has 4 rings (SSSR count). The van der Waals surface area contributed by atoms with Crippen molar-refractivity contribution < 1.29 is 9.59 Å². The average Bonchev–Trinajstić information content (AvgIpc) is 2.88. The van der Waals surface area contributed by atoms with Crippen LogP contribution in [0.15, 0.2) is 12.3 Å². The van der Waals surface area contributed by atoms with Crippen molar-refractivity contribution in [2.75, 3.05) is 20.1 Å². The zero-order valence-corrected chi connectivity index (χ0v) is 14.4. The third-order valence-corrected chi connectivity index (χ3v) is 5.72. The molecule has 3 aliphatic heterocycles. The largest absolute Gasteiger partial charge is 0.353 e. The Bertz CT molecular complexity index is 695. The van der Waals surface area contributed by atoms with E-state index in [1.54, 1.807) is 6.20 Å². The third kappa shape index (κ3) is 2.58. The Balaban J connectivity index is 1.56. The second-order valence-corrected chi connectivity index (χ2v) is 7.37. The fraction of sp³-hybridized carbons (Fsp3) is 0.588. The maximum Gasteiger partial charge on any atom is 0.237 e. The van der Waals surface area contributed by atoms with Crippen molar-refractivity contribution in [3.05, 3.63) is 28.5 Å². The van der Waals surface area contributed by atoms with E-state index in [9.17, 15) is 9.59 Å². The highest BCUT2D eigenvalue weighted by Gasteiger charge is 2.44. The number of carbonyl (C=O) groups is 2. The van der Waals surface area contributed by atoms with Crippen molar-refractivity contribution in [2.45, 2.75) is 43.8 Å². The first-order valence-corrected chi connectivity index (χ1v) is 8.86. The SMILES string of the molecule is CN1CCNC(=O)C1CC(=O)N1C2CCC1c1cc(Cl)cnc1C2. The first kappa shape index (κ1) is 15.8. The van der Waals surface area contributed by atoms with Gasteiger partial charge in [0, 0.05) is 37.4 Å². The lowest BCUT2D eigenvalue weighted by Crippen LogP contribution is -2.55. The summed E-state index contributed by atoms with van der Waals surface area (Å²) in [6.07, 6.45) is 4.62. The maximum absolute atomic E-state index is 13.0. The van der Waals surface area contributed by atoms with Gasteiger partial charge in [-0.05, 0) is 31.5 Å². The van der Waals surface area contributed by atoms with E-state index in [0.29, 0.717) is 11.6 Å². The number of hydrogen-bond donors (Lipinski definition) is 1. The summed E-state index contributed by atoms with van der Waals surface area (Å²) in [6.45, 7) is 1.42. The van der Waals surface area contributed by atoms with Crippen LogP contribution < -0.4 is 5.32 Å². The maximum atomic E-state index is 13.0. The van der Waals surface area contributed by atoms with Crippen LogP contribution in [0.1, 0.15) is 36.6 Å². The Labute approximate surface area is 146 Å². The molecule has 128 valence electrons. The molecule has 2 bridgehead atoms. The molecule has 1 N–H and O–H groups in total. The minimum atomic E-state index is -0.371. The Hall–Kier alpha value is -1.66. The molecule has 24 heavy (non-hydrogen) atoms. The van der Waals surface area contributed by atoms with E-state index in [2.05, 4.69) is 10.3 Å². The van der Waals surface area contributed by atoms with E-state index in [4.69, 9.17) is 11.6 Å². The lowest BCUT2D eigenvalue weighted by Gasteiger charge is -2.38. The standard InChI is InChI=1S/C17H21ClN4O2/c1-21-5-4-19-17(24)15(21)8-16(23)22-11-2-3-14(22)12-6-10(18)9-20-13(12)7-11/h6,9,11,14-15H,2-5,7-8H2,1H3,(H,19,24). The van der Waals surface area contributed by atoms with E-state index < -0.39 is 0 Å². The second-order valence-electron chi connectivity index (χ2n) is 6.93. The van der Waals surface area contributed by atoms with Gasteiger partial charge in [-0.25, -0.2) is 0 Å². The monoisotopic (exact) mass is 348 g/mol. The van der Waals surface area contributed by atoms with Crippen LogP contribution in [0.25, 0.3) is 0 Å². The predicted molar refractivity (Wildman–Crippen MR) is 89.6 cm³/mol. The van der Waals surface area contributed by atoms with Crippen LogP contribution in [0.5, 0.6) is 0 Å². The first-order chi connectivity index (χ1) is 11.5. The number of pyridine rings is 1. The minimum absolute atomic E-state index is 0.0495. The van der Waals surface area contributed by atoms with Gasteiger partial charge in [0.25, 0.3) is 0 Å². The van der Waals surface area contributed by atoms with E-state index in [-0.39, 0.29) is 36.4 Å². The number of halogens is 1. The molecule has 3 aliphatic rings. The van der Waals surface area contributed by atoms with Gasteiger partial charge in [0.05, 0.1) is 23.5 Å². The Morgan fingerprint density at radius 3 is 3.08 bits per heavy atom. The number of fused-ring (bicyclic) bond motifs is 4. The summed E-state index contributed by atoms with van der Waals surface area (Å²) >= 11 is 6.11. The van der Waals surface area contributed by atoms with Gasteiger partial charge >= 0.3 is 0 Å².